The van der Waals surface area contributed by atoms with Gasteiger partial charge in [0.1, 0.15) is 6.04 Å². The third-order valence-electron chi connectivity index (χ3n) is 2.74. The van der Waals surface area contributed by atoms with Crippen LogP contribution in [0.5, 0.6) is 0 Å². The van der Waals surface area contributed by atoms with Crippen molar-refractivity contribution in [1.82, 2.24) is 10.2 Å². The fourth-order valence-corrected chi connectivity index (χ4v) is 2.29. The molecule has 1 saturated carbocycles. The summed E-state index contributed by atoms with van der Waals surface area (Å²) in [5.74, 6) is -0.969. The molecule has 0 bridgehead atoms. The van der Waals surface area contributed by atoms with Crippen molar-refractivity contribution >= 4 is 21.9 Å². The summed E-state index contributed by atoms with van der Waals surface area (Å²) in [5, 5.41) is 15.5. The summed E-state index contributed by atoms with van der Waals surface area (Å²) >= 11 is 3.32. The van der Waals surface area contributed by atoms with Crippen molar-refractivity contribution in [2.24, 2.45) is 5.73 Å². The van der Waals surface area contributed by atoms with E-state index in [1.165, 1.54) is 0 Å². The van der Waals surface area contributed by atoms with Crippen LogP contribution in [-0.2, 0) is 10.2 Å². The lowest BCUT2D eigenvalue weighted by molar-refractivity contribution is -0.139. The Hall–Kier alpha value is -0.880. The topological polar surface area (TPSA) is 92.0 Å². The molecular formula is C8H10BrN3O2. The standard InChI is InChI=1S/C8H10BrN3O2/c9-4-3-11-12-6(4)8(1-2-8)5(10)7(13)14/h3,5H,1-2,10H2,(H,11,12)(H,13,14). The number of H-pyrrole nitrogens is 1. The van der Waals surface area contributed by atoms with Gasteiger partial charge in [-0.3, -0.25) is 9.89 Å². The number of aromatic nitrogens is 2. The quantitative estimate of drug-likeness (QED) is 0.742. The molecule has 5 nitrogen and oxygen atoms in total. The second-order valence-electron chi connectivity index (χ2n) is 3.56. The maximum atomic E-state index is 10.8. The maximum absolute atomic E-state index is 10.8. The molecule has 76 valence electrons. The highest BCUT2D eigenvalue weighted by Crippen LogP contribution is 2.51. The Labute approximate surface area is 88.8 Å². The predicted octanol–water partition coefficient (Wildman–Crippen LogP) is 0.616. The van der Waals surface area contributed by atoms with Gasteiger partial charge < -0.3 is 10.8 Å². The van der Waals surface area contributed by atoms with E-state index in [0.717, 1.165) is 23.0 Å². The van der Waals surface area contributed by atoms with E-state index in [-0.39, 0.29) is 0 Å². The minimum Gasteiger partial charge on any atom is -0.480 e. The normalized spacial score (nSPS) is 20.4. The van der Waals surface area contributed by atoms with Crippen molar-refractivity contribution in [2.75, 3.05) is 0 Å². The van der Waals surface area contributed by atoms with Gasteiger partial charge in [0.05, 0.1) is 16.4 Å². The summed E-state index contributed by atoms with van der Waals surface area (Å²) < 4.78 is 0.798. The third-order valence-corrected chi connectivity index (χ3v) is 3.34. The van der Waals surface area contributed by atoms with E-state index in [4.69, 9.17) is 10.8 Å². The van der Waals surface area contributed by atoms with E-state index in [1.54, 1.807) is 6.20 Å². The molecule has 1 aliphatic rings. The number of aromatic amines is 1. The van der Waals surface area contributed by atoms with Crippen LogP contribution in [0.15, 0.2) is 10.7 Å². The van der Waals surface area contributed by atoms with Crippen molar-refractivity contribution < 1.29 is 9.90 Å². The van der Waals surface area contributed by atoms with E-state index in [2.05, 4.69) is 26.1 Å². The van der Waals surface area contributed by atoms with Crippen molar-refractivity contribution in [3.05, 3.63) is 16.4 Å². The minimum absolute atomic E-state index is 0.443. The van der Waals surface area contributed by atoms with Crippen LogP contribution in [0.2, 0.25) is 0 Å². The van der Waals surface area contributed by atoms with E-state index in [9.17, 15) is 4.79 Å². The van der Waals surface area contributed by atoms with Gasteiger partial charge in [-0.05, 0) is 28.8 Å². The molecule has 1 aliphatic carbocycles. The van der Waals surface area contributed by atoms with Crippen LogP contribution < -0.4 is 5.73 Å². The Morgan fingerprint density at radius 2 is 2.43 bits per heavy atom. The molecule has 14 heavy (non-hydrogen) atoms. The third kappa shape index (κ3) is 1.26. The van der Waals surface area contributed by atoms with Gasteiger partial charge in [-0.25, -0.2) is 0 Å². The fourth-order valence-electron chi connectivity index (χ4n) is 1.71. The average Bonchev–Trinajstić information content (AvgIpc) is 2.83. The first kappa shape index (κ1) is 9.67. The molecule has 0 radical (unpaired) electrons. The van der Waals surface area contributed by atoms with Crippen molar-refractivity contribution in [3.63, 3.8) is 0 Å². The van der Waals surface area contributed by atoms with Crippen LogP contribution >= 0.6 is 15.9 Å². The van der Waals surface area contributed by atoms with Crippen LogP contribution in [0.1, 0.15) is 18.5 Å². The van der Waals surface area contributed by atoms with Gasteiger partial charge in [0.25, 0.3) is 0 Å². The number of nitrogens with two attached hydrogens (primary N) is 1. The molecule has 1 heterocycles. The summed E-state index contributed by atoms with van der Waals surface area (Å²) in [6, 6.07) is -0.862. The van der Waals surface area contributed by atoms with Crippen LogP contribution in [0.4, 0.5) is 0 Å². The van der Waals surface area contributed by atoms with Gasteiger partial charge in [0, 0.05) is 5.41 Å². The number of carbonyl (C=O) groups is 1. The Balaban J connectivity index is 2.34. The molecule has 1 aromatic heterocycles. The summed E-state index contributed by atoms with van der Waals surface area (Å²) in [6.07, 6.45) is 3.20. The molecule has 1 atom stereocenters. The number of halogens is 1. The van der Waals surface area contributed by atoms with Crippen LogP contribution in [0.25, 0.3) is 0 Å². The van der Waals surface area contributed by atoms with Crippen LogP contribution in [0, 0.1) is 0 Å². The van der Waals surface area contributed by atoms with Gasteiger partial charge in [-0.1, -0.05) is 0 Å². The second-order valence-corrected chi connectivity index (χ2v) is 4.42. The Kier molecular flexibility index (Phi) is 2.11. The number of hydrogen-bond acceptors (Lipinski definition) is 3. The zero-order chi connectivity index (χ0) is 10.3. The highest BCUT2D eigenvalue weighted by molar-refractivity contribution is 9.10. The average molecular weight is 260 g/mol. The van der Waals surface area contributed by atoms with Gasteiger partial charge >= 0.3 is 5.97 Å². The van der Waals surface area contributed by atoms with Crippen LogP contribution in [0.3, 0.4) is 0 Å². The number of hydrogen-bond donors (Lipinski definition) is 3. The van der Waals surface area contributed by atoms with E-state index in [0.29, 0.717) is 0 Å². The number of nitrogens with one attached hydrogen (secondary N) is 1. The van der Waals surface area contributed by atoms with E-state index >= 15 is 0 Å². The largest absolute Gasteiger partial charge is 0.480 e. The lowest BCUT2D eigenvalue weighted by Gasteiger charge is -2.18. The van der Waals surface area contributed by atoms with Gasteiger partial charge in [-0.15, -0.1) is 0 Å². The Morgan fingerprint density at radius 3 is 2.79 bits per heavy atom. The first-order valence-electron chi connectivity index (χ1n) is 4.25. The second kappa shape index (κ2) is 3.06. The van der Waals surface area contributed by atoms with Crippen molar-refractivity contribution in [1.29, 1.82) is 0 Å². The number of aliphatic carboxylic acids is 1. The molecule has 1 unspecified atom stereocenters. The van der Waals surface area contributed by atoms with Crippen LogP contribution in [-0.4, -0.2) is 27.3 Å². The van der Waals surface area contributed by atoms with Crippen molar-refractivity contribution in [3.8, 4) is 0 Å². The molecule has 0 amide bonds. The highest BCUT2D eigenvalue weighted by atomic mass is 79.9. The lowest BCUT2D eigenvalue weighted by atomic mass is 9.93. The Bertz CT molecular complexity index is 372. The van der Waals surface area contributed by atoms with Gasteiger partial charge in [-0.2, -0.15) is 5.10 Å². The fraction of sp³-hybridized carbons (Fsp3) is 0.500. The van der Waals surface area contributed by atoms with Gasteiger partial charge in [0.15, 0.2) is 0 Å². The monoisotopic (exact) mass is 259 g/mol. The van der Waals surface area contributed by atoms with Gasteiger partial charge in [0.2, 0.25) is 0 Å². The molecule has 6 heteroatoms. The molecular weight excluding hydrogens is 250 g/mol. The van der Waals surface area contributed by atoms with E-state index in [1.807, 2.05) is 0 Å². The highest BCUT2D eigenvalue weighted by Gasteiger charge is 2.54. The first-order valence-corrected chi connectivity index (χ1v) is 5.05. The number of nitrogens with zero attached hydrogens (tertiary/aromatic N) is 1. The number of rotatable bonds is 3. The SMILES string of the molecule is NC(C(=O)O)C1(c2[nH]ncc2Br)CC1. The molecule has 0 aliphatic heterocycles. The number of carboxylic acid groups (broad SMARTS) is 1. The smallest absolute Gasteiger partial charge is 0.321 e. The molecule has 4 N–H and O–H groups in total. The lowest BCUT2D eigenvalue weighted by Crippen LogP contribution is -2.42. The summed E-state index contributed by atoms with van der Waals surface area (Å²) in [4.78, 5) is 10.8. The predicted molar refractivity (Wildman–Crippen MR) is 52.8 cm³/mol. The summed E-state index contributed by atoms with van der Waals surface area (Å²) in [7, 11) is 0. The molecule has 0 spiro atoms. The zero-order valence-corrected chi connectivity index (χ0v) is 8.91. The molecule has 0 aromatic carbocycles. The first-order chi connectivity index (χ1) is 6.58. The Morgan fingerprint density at radius 1 is 1.79 bits per heavy atom. The molecule has 1 fully saturated rings. The van der Waals surface area contributed by atoms with Crippen molar-refractivity contribution in [2.45, 2.75) is 24.3 Å². The summed E-state index contributed by atoms with van der Waals surface area (Å²) in [6.45, 7) is 0. The molecule has 2 rings (SSSR count). The van der Waals surface area contributed by atoms with E-state index < -0.39 is 17.4 Å². The minimum atomic E-state index is -0.969. The molecule has 1 aromatic rings. The zero-order valence-electron chi connectivity index (χ0n) is 7.33. The number of carboxylic acids is 1. The summed E-state index contributed by atoms with van der Waals surface area (Å²) in [5.41, 5.74) is 6.00. The maximum Gasteiger partial charge on any atom is 0.321 e. The molecule has 0 saturated heterocycles.